The molecule has 2 N–H and O–H groups in total. The van der Waals surface area contributed by atoms with E-state index in [1.165, 1.54) is 6.92 Å². The molecule has 0 heterocycles. The van der Waals surface area contributed by atoms with Crippen molar-refractivity contribution >= 4 is 17.8 Å². The zero-order chi connectivity index (χ0) is 13.3. The quantitative estimate of drug-likeness (QED) is 0.486. The van der Waals surface area contributed by atoms with Crippen molar-refractivity contribution in [1.82, 2.24) is 10.6 Å². The molecule has 6 heteroatoms. The number of hydrogen-bond donors (Lipinski definition) is 2. The van der Waals surface area contributed by atoms with Gasteiger partial charge in [-0.25, -0.2) is 4.79 Å². The van der Waals surface area contributed by atoms with Crippen molar-refractivity contribution < 1.29 is 19.1 Å². The maximum absolute atomic E-state index is 11.4. The van der Waals surface area contributed by atoms with E-state index < -0.39 is 17.9 Å². The Bertz CT molecular complexity index is 279. The molecule has 0 rings (SSSR count). The van der Waals surface area contributed by atoms with Crippen LogP contribution in [0.25, 0.3) is 0 Å². The molecule has 0 saturated carbocycles. The van der Waals surface area contributed by atoms with Crippen molar-refractivity contribution in [3.63, 3.8) is 0 Å². The Morgan fingerprint density at radius 3 is 2.47 bits per heavy atom. The van der Waals surface area contributed by atoms with Crippen LogP contribution < -0.4 is 10.6 Å². The van der Waals surface area contributed by atoms with Crippen molar-refractivity contribution in [2.45, 2.75) is 39.7 Å². The van der Waals surface area contributed by atoms with Gasteiger partial charge in [0, 0.05) is 6.92 Å². The second kappa shape index (κ2) is 8.55. The van der Waals surface area contributed by atoms with Gasteiger partial charge < -0.3 is 15.4 Å². The summed E-state index contributed by atoms with van der Waals surface area (Å²) >= 11 is 0. The fourth-order valence-corrected chi connectivity index (χ4v) is 0.998. The topological polar surface area (TPSA) is 84.5 Å². The van der Waals surface area contributed by atoms with Gasteiger partial charge in [-0.3, -0.25) is 9.59 Å². The standard InChI is InChI=1S/C11H20N2O4/c1-4-5-6-17-11(16)8(2)13-10(15)7-12-9(3)14/h8H,4-7H2,1-3H3,(H,12,14)(H,13,15). The molecule has 0 aliphatic rings. The molecule has 0 aromatic carbocycles. The van der Waals surface area contributed by atoms with E-state index in [-0.39, 0.29) is 12.5 Å². The van der Waals surface area contributed by atoms with Crippen LogP contribution in [0, 0.1) is 0 Å². The third-order valence-corrected chi connectivity index (χ3v) is 1.97. The van der Waals surface area contributed by atoms with Crippen LogP contribution in [0.2, 0.25) is 0 Å². The van der Waals surface area contributed by atoms with E-state index in [2.05, 4.69) is 10.6 Å². The molecular weight excluding hydrogens is 224 g/mol. The first-order chi connectivity index (χ1) is 7.97. The highest BCUT2D eigenvalue weighted by molar-refractivity contribution is 5.87. The van der Waals surface area contributed by atoms with Crippen LogP contribution in [0.3, 0.4) is 0 Å². The van der Waals surface area contributed by atoms with E-state index in [4.69, 9.17) is 4.74 Å². The Labute approximate surface area is 101 Å². The zero-order valence-corrected chi connectivity index (χ0v) is 10.5. The van der Waals surface area contributed by atoms with Gasteiger partial charge in [-0.05, 0) is 13.3 Å². The number of esters is 1. The number of nitrogens with one attached hydrogen (secondary N) is 2. The Hall–Kier alpha value is -1.59. The summed E-state index contributed by atoms with van der Waals surface area (Å²) < 4.78 is 4.93. The minimum atomic E-state index is -0.701. The van der Waals surface area contributed by atoms with Gasteiger partial charge in [-0.15, -0.1) is 0 Å². The number of hydrogen-bond acceptors (Lipinski definition) is 4. The molecule has 0 spiro atoms. The van der Waals surface area contributed by atoms with Crippen LogP contribution in [0.15, 0.2) is 0 Å². The molecule has 1 atom stereocenters. The SMILES string of the molecule is CCCCOC(=O)C(C)NC(=O)CNC(C)=O. The summed E-state index contributed by atoms with van der Waals surface area (Å²) in [5.74, 6) is -1.17. The molecule has 0 aromatic heterocycles. The highest BCUT2D eigenvalue weighted by Crippen LogP contribution is 1.92. The monoisotopic (exact) mass is 244 g/mol. The van der Waals surface area contributed by atoms with Crippen LogP contribution in [-0.4, -0.2) is 37.0 Å². The molecule has 0 aliphatic carbocycles. The van der Waals surface area contributed by atoms with Crippen LogP contribution in [0.4, 0.5) is 0 Å². The van der Waals surface area contributed by atoms with Crippen molar-refractivity contribution in [2.24, 2.45) is 0 Å². The van der Waals surface area contributed by atoms with E-state index in [1.54, 1.807) is 6.92 Å². The molecule has 1 unspecified atom stereocenters. The third-order valence-electron chi connectivity index (χ3n) is 1.97. The zero-order valence-electron chi connectivity index (χ0n) is 10.5. The minimum Gasteiger partial charge on any atom is -0.464 e. The average Bonchev–Trinajstić information content (AvgIpc) is 2.26. The van der Waals surface area contributed by atoms with E-state index in [0.29, 0.717) is 6.61 Å². The first-order valence-corrected chi connectivity index (χ1v) is 5.67. The van der Waals surface area contributed by atoms with E-state index in [9.17, 15) is 14.4 Å². The molecule has 17 heavy (non-hydrogen) atoms. The van der Waals surface area contributed by atoms with Gasteiger partial charge in [-0.1, -0.05) is 13.3 Å². The number of carbonyl (C=O) groups excluding carboxylic acids is 3. The van der Waals surface area contributed by atoms with Gasteiger partial charge in [0.1, 0.15) is 6.04 Å². The predicted molar refractivity (Wildman–Crippen MR) is 62.2 cm³/mol. The fraction of sp³-hybridized carbons (Fsp3) is 0.727. The van der Waals surface area contributed by atoms with Crippen molar-refractivity contribution in [3.05, 3.63) is 0 Å². The van der Waals surface area contributed by atoms with Crippen molar-refractivity contribution in [2.75, 3.05) is 13.2 Å². The molecule has 98 valence electrons. The molecule has 0 aromatic rings. The van der Waals surface area contributed by atoms with Crippen molar-refractivity contribution in [3.8, 4) is 0 Å². The Balaban J connectivity index is 3.82. The fourth-order valence-electron chi connectivity index (χ4n) is 0.998. The summed E-state index contributed by atoms with van der Waals surface area (Å²) in [5, 5.41) is 4.77. The maximum atomic E-state index is 11.4. The number of carbonyl (C=O) groups is 3. The lowest BCUT2D eigenvalue weighted by atomic mass is 10.3. The highest BCUT2D eigenvalue weighted by atomic mass is 16.5. The van der Waals surface area contributed by atoms with Crippen molar-refractivity contribution in [1.29, 1.82) is 0 Å². The number of amides is 2. The lowest BCUT2D eigenvalue weighted by molar-refractivity contribution is -0.147. The normalized spacial score (nSPS) is 11.5. The minimum absolute atomic E-state index is 0.137. The van der Waals surface area contributed by atoms with Gasteiger partial charge in [0.05, 0.1) is 13.2 Å². The Morgan fingerprint density at radius 1 is 1.29 bits per heavy atom. The van der Waals surface area contributed by atoms with Gasteiger partial charge >= 0.3 is 5.97 Å². The molecule has 6 nitrogen and oxygen atoms in total. The second-order valence-corrected chi connectivity index (χ2v) is 3.72. The summed E-state index contributed by atoms with van der Waals surface area (Å²) in [6.45, 7) is 5.07. The number of ether oxygens (including phenoxy) is 1. The average molecular weight is 244 g/mol. The summed E-state index contributed by atoms with van der Waals surface area (Å²) in [7, 11) is 0. The van der Waals surface area contributed by atoms with Crippen LogP contribution in [-0.2, 0) is 19.1 Å². The van der Waals surface area contributed by atoms with E-state index >= 15 is 0 Å². The van der Waals surface area contributed by atoms with Gasteiger partial charge in [0.25, 0.3) is 0 Å². The smallest absolute Gasteiger partial charge is 0.328 e. The molecule has 0 fully saturated rings. The molecule has 0 radical (unpaired) electrons. The Morgan fingerprint density at radius 2 is 1.94 bits per heavy atom. The molecule has 0 bridgehead atoms. The van der Waals surface area contributed by atoms with Crippen LogP contribution in [0.5, 0.6) is 0 Å². The predicted octanol–water partition coefficient (Wildman–Crippen LogP) is -0.0295. The number of unbranched alkanes of at least 4 members (excludes halogenated alkanes) is 1. The van der Waals surface area contributed by atoms with E-state index in [1.807, 2.05) is 6.92 Å². The lowest BCUT2D eigenvalue weighted by Crippen LogP contribution is -2.44. The van der Waals surface area contributed by atoms with Gasteiger partial charge in [0.2, 0.25) is 11.8 Å². The molecule has 0 saturated heterocycles. The first kappa shape index (κ1) is 15.4. The largest absolute Gasteiger partial charge is 0.464 e. The molecule has 2 amide bonds. The van der Waals surface area contributed by atoms with Crippen LogP contribution >= 0.6 is 0 Å². The second-order valence-electron chi connectivity index (χ2n) is 3.72. The summed E-state index contributed by atoms with van der Waals surface area (Å²) in [6.07, 6.45) is 1.74. The van der Waals surface area contributed by atoms with Gasteiger partial charge in [0.15, 0.2) is 0 Å². The van der Waals surface area contributed by atoms with Gasteiger partial charge in [-0.2, -0.15) is 0 Å². The third kappa shape index (κ3) is 8.24. The van der Waals surface area contributed by atoms with Crippen LogP contribution in [0.1, 0.15) is 33.6 Å². The lowest BCUT2D eigenvalue weighted by Gasteiger charge is -2.13. The van der Waals surface area contributed by atoms with E-state index in [0.717, 1.165) is 12.8 Å². The summed E-state index contributed by atoms with van der Waals surface area (Å²) in [5.41, 5.74) is 0. The maximum Gasteiger partial charge on any atom is 0.328 e. The summed E-state index contributed by atoms with van der Waals surface area (Å²) in [4.78, 5) is 33.2. The summed E-state index contributed by atoms with van der Waals surface area (Å²) in [6, 6.07) is -0.701. The molecule has 0 aliphatic heterocycles. The molecular formula is C11H20N2O4. The number of rotatable bonds is 7. The first-order valence-electron chi connectivity index (χ1n) is 5.67. The highest BCUT2D eigenvalue weighted by Gasteiger charge is 2.16. The Kier molecular flexibility index (Phi) is 7.75.